The lowest BCUT2D eigenvalue weighted by Crippen LogP contribution is -2.68. The molecule has 0 bridgehead atoms. The standard InChI is InChI=1S/C27H38FN3O5/c1-5-8-20(17-36-4)27(3)29-24(33)14-21-9-7-12-30(25(34)15-23(32)26(35)31(21)27)16-18-10-11-22(28)19(6-2)13-18/h9-11,13,15,20,25,32,34H,5-8,12,14,16-17H2,1-4H3,(H,29,33)/b21-9+,23-15-. The number of rotatable bonds is 8. The molecule has 9 heteroatoms. The van der Waals surface area contributed by atoms with Crippen molar-refractivity contribution >= 4 is 11.8 Å². The number of hydrogen-bond acceptors (Lipinski definition) is 6. The van der Waals surface area contributed by atoms with E-state index in [9.17, 15) is 24.2 Å². The molecule has 3 rings (SSSR count). The first kappa shape index (κ1) is 27.8. The number of aryl methyl sites for hydroxylation is 1. The van der Waals surface area contributed by atoms with Gasteiger partial charge in [-0.15, -0.1) is 0 Å². The number of amides is 2. The third kappa shape index (κ3) is 5.96. The molecule has 2 heterocycles. The predicted octanol–water partition coefficient (Wildman–Crippen LogP) is 3.37. The van der Waals surface area contributed by atoms with Gasteiger partial charge in [0.1, 0.15) is 17.7 Å². The second kappa shape index (κ2) is 12.0. The molecule has 0 saturated carbocycles. The molecule has 0 spiro atoms. The van der Waals surface area contributed by atoms with E-state index in [1.165, 1.54) is 11.0 Å². The molecule has 0 radical (unpaired) electrons. The number of benzene rings is 1. The number of nitrogens with zero attached hydrogens (tertiary/aromatic N) is 2. The van der Waals surface area contributed by atoms with E-state index in [0.717, 1.165) is 18.1 Å². The van der Waals surface area contributed by atoms with Crippen molar-refractivity contribution in [2.45, 2.75) is 71.3 Å². The molecule has 3 unspecified atom stereocenters. The van der Waals surface area contributed by atoms with Crippen molar-refractivity contribution in [2.24, 2.45) is 5.92 Å². The van der Waals surface area contributed by atoms with Gasteiger partial charge in [-0.25, -0.2) is 4.39 Å². The van der Waals surface area contributed by atoms with Gasteiger partial charge in [0.25, 0.3) is 5.91 Å². The highest BCUT2D eigenvalue weighted by Crippen LogP contribution is 2.36. The summed E-state index contributed by atoms with van der Waals surface area (Å²) in [4.78, 5) is 29.5. The maximum Gasteiger partial charge on any atom is 0.294 e. The van der Waals surface area contributed by atoms with Crippen molar-refractivity contribution in [1.82, 2.24) is 15.1 Å². The highest BCUT2D eigenvalue weighted by Gasteiger charge is 2.49. The SMILES string of the molecule is CCCC(COC)C1(C)NC(=O)C/C2=C\CCN(Cc3ccc(F)c(CC)c3)C(O)/C=C(\O)C(=O)N21. The fraction of sp³-hybridized carbons (Fsp3) is 0.556. The lowest BCUT2D eigenvalue weighted by Gasteiger charge is -2.50. The summed E-state index contributed by atoms with van der Waals surface area (Å²) in [6.07, 6.45) is 4.22. The normalized spacial score (nSPS) is 27.4. The molecule has 1 aromatic rings. The summed E-state index contributed by atoms with van der Waals surface area (Å²) < 4.78 is 19.4. The van der Waals surface area contributed by atoms with Crippen molar-refractivity contribution in [3.8, 4) is 0 Å². The lowest BCUT2D eigenvalue weighted by molar-refractivity contribution is -0.146. The minimum absolute atomic E-state index is 0.000806. The smallest absolute Gasteiger partial charge is 0.294 e. The fourth-order valence-electron chi connectivity index (χ4n) is 5.16. The molecule has 1 aromatic carbocycles. The number of hydrogen-bond donors (Lipinski definition) is 3. The summed E-state index contributed by atoms with van der Waals surface area (Å²) in [6, 6.07) is 4.83. The van der Waals surface area contributed by atoms with Crippen LogP contribution in [0.25, 0.3) is 0 Å². The maximum atomic E-state index is 13.9. The average molecular weight is 504 g/mol. The van der Waals surface area contributed by atoms with Crippen LogP contribution in [0.2, 0.25) is 0 Å². The Bertz CT molecular complexity index is 1020. The first-order valence-electron chi connectivity index (χ1n) is 12.6. The van der Waals surface area contributed by atoms with Gasteiger partial charge in [-0.05, 0) is 43.4 Å². The topological polar surface area (TPSA) is 102 Å². The number of nitrogens with one attached hydrogen (secondary N) is 1. The Labute approximate surface area is 212 Å². The van der Waals surface area contributed by atoms with E-state index in [4.69, 9.17) is 4.74 Å². The Balaban J connectivity index is 1.96. The number of fused-ring (bicyclic) bond motifs is 1. The molecular formula is C27H38FN3O5. The molecule has 1 fully saturated rings. The van der Waals surface area contributed by atoms with E-state index in [1.54, 1.807) is 31.1 Å². The third-order valence-corrected chi connectivity index (χ3v) is 7.06. The quantitative estimate of drug-likeness (QED) is 0.503. The van der Waals surface area contributed by atoms with E-state index in [1.807, 2.05) is 19.9 Å². The summed E-state index contributed by atoms with van der Waals surface area (Å²) in [5.41, 5.74) is 0.791. The molecule has 2 aliphatic heterocycles. The van der Waals surface area contributed by atoms with Crippen LogP contribution in [0.5, 0.6) is 0 Å². The zero-order valence-corrected chi connectivity index (χ0v) is 21.6. The number of carbonyl (C=O) groups is 2. The van der Waals surface area contributed by atoms with E-state index in [0.29, 0.717) is 50.2 Å². The third-order valence-electron chi connectivity index (χ3n) is 7.06. The van der Waals surface area contributed by atoms with Crippen LogP contribution in [0.3, 0.4) is 0 Å². The molecule has 36 heavy (non-hydrogen) atoms. The highest BCUT2D eigenvalue weighted by atomic mass is 19.1. The number of ether oxygens (including phenoxy) is 1. The summed E-state index contributed by atoms with van der Waals surface area (Å²) >= 11 is 0. The number of methoxy groups -OCH3 is 1. The van der Waals surface area contributed by atoms with Crippen LogP contribution >= 0.6 is 0 Å². The Morgan fingerprint density at radius 2 is 2.06 bits per heavy atom. The van der Waals surface area contributed by atoms with Gasteiger partial charge in [0.2, 0.25) is 5.91 Å². The number of halogens is 1. The van der Waals surface area contributed by atoms with E-state index in [-0.39, 0.29) is 24.1 Å². The Morgan fingerprint density at radius 3 is 2.72 bits per heavy atom. The molecule has 2 amide bonds. The minimum Gasteiger partial charge on any atom is -0.503 e. The van der Waals surface area contributed by atoms with Gasteiger partial charge in [0, 0.05) is 37.9 Å². The van der Waals surface area contributed by atoms with Crippen LogP contribution in [0.15, 0.2) is 41.8 Å². The average Bonchev–Trinajstić information content (AvgIpc) is 2.83. The lowest BCUT2D eigenvalue weighted by atomic mass is 9.85. The van der Waals surface area contributed by atoms with Gasteiger partial charge in [0.05, 0.1) is 13.0 Å². The summed E-state index contributed by atoms with van der Waals surface area (Å²) in [6.45, 7) is 6.67. The number of aliphatic hydroxyl groups is 2. The minimum atomic E-state index is -1.24. The first-order valence-corrected chi connectivity index (χ1v) is 12.6. The Morgan fingerprint density at radius 1 is 1.31 bits per heavy atom. The van der Waals surface area contributed by atoms with Crippen LogP contribution < -0.4 is 5.32 Å². The van der Waals surface area contributed by atoms with Crippen LogP contribution in [0.4, 0.5) is 4.39 Å². The maximum absolute atomic E-state index is 13.9. The monoisotopic (exact) mass is 503 g/mol. The van der Waals surface area contributed by atoms with Gasteiger partial charge in [0.15, 0.2) is 5.76 Å². The molecule has 1 saturated heterocycles. The number of aliphatic hydroxyl groups excluding tert-OH is 2. The van der Waals surface area contributed by atoms with Gasteiger partial charge < -0.3 is 20.3 Å². The van der Waals surface area contributed by atoms with Gasteiger partial charge >= 0.3 is 0 Å². The van der Waals surface area contributed by atoms with Gasteiger partial charge in [-0.1, -0.05) is 38.5 Å². The van der Waals surface area contributed by atoms with E-state index < -0.39 is 23.6 Å². The molecule has 3 N–H and O–H groups in total. The van der Waals surface area contributed by atoms with Crippen LogP contribution in [-0.4, -0.2) is 64.0 Å². The van der Waals surface area contributed by atoms with Crippen molar-refractivity contribution < 1.29 is 28.9 Å². The van der Waals surface area contributed by atoms with Crippen LogP contribution in [0.1, 0.15) is 57.6 Å². The molecule has 2 aliphatic rings. The Hall–Kier alpha value is -2.75. The van der Waals surface area contributed by atoms with Crippen molar-refractivity contribution in [3.63, 3.8) is 0 Å². The van der Waals surface area contributed by atoms with E-state index in [2.05, 4.69) is 5.32 Å². The summed E-state index contributed by atoms with van der Waals surface area (Å²) in [5.74, 6) is -2.00. The van der Waals surface area contributed by atoms with Crippen LogP contribution in [0, 0.1) is 11.7 Å². The molecule has 198 valence electrons. The van der Waals surface area contributed by atoms with Crippen LogP contribution in [-0.2, 0) is 27.3 Å². The highest BCUT2D eigenvalue weighted by molar-refractivity contribution is 5.95. The Kier molecular flexibility index (Phi) is 9.27. The first-order chi connectivity index (χ1) is 17.1. The second-order valence-electron chi connectivity index (χ2n) is 9.65. The fourth-order valence-corrected chi connectivity index (χ4v) is 5.16. The largest absolute Gasteiger partial charge is 0.503 e. The van der Waals surface area contributed by atoms with Crippen molar-refractivity contribution in [2.75, 3.05) is 20.3 Å². The molecule has 0 aromatic heterocycles. The molecule has 0 aliphatic carbocycles. The molecule has 8 nitrogen and oxygen atoms in total. The molecular weight excluding hydrogens is 465 g/mol. The van der Waals surface area contributed by atoms with Gasteiger partial charge in [-0.2, -0.15) is 0 Å². The summed E-state index contributed by atoms with van der Waals surface area (Å²) in [7, 11) is 1.57. The van der Waals surface area contributed by atoms with Crippen molar-refractivity contribution in [1.29, 1.82) is 0 Å². The molecule has 3 atom stereocenters. The zero-order valence-electron chi connectivity index (χ0n) is 21.6. The number of carbonyl (C=O) groups excluding carboxylic acids is 2. The zero-order chi connectivity index (χ0) is 26.5. The van der Waals surface area contributed by atoms with Crippen molar-refractivity contribution in [3.05, 3.63) is 58.8 Å². The van der Waals surface area contributed by atoms with E-state index >= 15 is 0 Å². The predicted molar refractivity (Wildman–Crippen MR) is 134 cm³/mol. The van der Waals surface area contributed by atoms with Gasteiger partial charge in [-0.3, -0.25) is 19.4 Å². The second-order valence-corrected chi connectivity index (χ2v) is 9.65. The summed E-state index contributed by atoms with van der Waals surface area (Å²) in [5, 5.41) is 24.7.